The second-order valence-corrected chi connectivity index (χ2v) is 14.1. The number of Topliss-reactive ketones (excluding diaryl/α,β-unsaturated/α-hetero) is 1. The van der Waals surface area contributed by atoms with Crippen molar-refractivity contribution in [3.63, 3.8) is 0 Å². The Morgan fingerprint density at radius 1 is 0.840 bits per heavy atom. The summed E-state index contributed by atoms with van der Waals surface area (Å²) < 4.78 is 57.8. The Balaban J connectivity index is 1.64. The molecule has 0 N–H and O–H groups in total. The maximum atomic E-state index is 14.0. The minimum Gasteiger partial charge on any atom is -0.489 e. The lowest BCUT2D eigenvalue weighted by atomic mass is 9.78. The standard InChI is InChI=1S/C36H37ClF3N3O7/c1-33(2,3)49-31(46)35(32(47)50-34(4,5)6,17-18-43-30(45)25-9-7-8-10-28(25)41-42-43)20-29(44)23-12-14-24(15-13-23)48-21-22-11-16-27(37)26(19-22)36(38,39)40/h7-16,19H,17-18,20-21H2,1-6H3. The molecule has 50 heavy (non-hydrogen) atoms. The molecule has 0 atom stereocenters. The molecular weight excluding hydrogens is 679 g/mol. The zero-order valence-corrected chi connectivity index (χ0v) is 29.1. The van der Waals surface area contributed by atoms with Crippen LogP contribution in [0.3, 0.4) is 0 Å². The zero-order valence-electron chi connectivity index (χ0n) is 28.4. The van der Waals surface area contributed by atoms with E-state index in [-0.39, 0.29) is 35.4 Å². The van der Waals surface area contributed by atoms with Gasteiger partial charge in [0.15, 0.2) is 11.2 Å². The fourth-order valence-electron chi connectivity index (χ4n) is 4.90. The zero-order chi connectivity index (χ0) is 37.1. The molecule has 0 amide bonds. The molecule has 3 aromatic carbocycles. The predicted octanol–water partition coefficient (Wildman–Crippen LogP) is 7.38. The van der Waals surface area contributed by atoms with Crippen LogP contribution in [-0.4, -0.2) is 43.9 Å². The highest BCUT2D eigenvalue weighted by atomic mass is 35.5. The van der Waals surface area contributed by atoms with E-state index in [1.807, 2.05) is 0 Å². The number of halogens is 4. The van der Waals surface area contributed by atoms with E-state index in [9.17, 15) is 32.3 Å². The van der Waals surface area contributed by atoms with Crippen LogP contribution in [0.4, 0.5) is 13.2 Å². The molecule has 14 heteroatoms. The normalized spacial score (nSPS) is 12.4. The molecule has 0 fully saturated rings. The van der Waals surface area contributed by atoms with Crippen LogP contribution in [0.25, 0.3) is 10.9 Å². The second-order valence-electron chi connectivity index (χ2n) is 13.7. The number of esters is 2. The van der Waals surface area contributed by atoms with Gasteiger partial charge in [-0.15, -0.1) is 5.10 Å². The van der Waals surface area contributed by atoms with Crippen molar-refractivity contribution >= 4 is 40.2 Å². The maximum absolute atomic E-state index is 14.0. The quantitative estimate of drug-likeness (QED) is 0.0888. The molecule has 10 nitrogen and oxygen atoms in total. The topological polar surface area (TPSA) is 127 Å². The number of nitrogens with zero attached hydrogens (tertiary/aromatic N) is 3. The molecule has 0 bridgehead atoms. The maximum Gasteiger partial charge on any atom is 0.417 e. The van der Waals surface area contributed by atoms with Gasteiger partial charge in [0, 0.05) is 18.5 Å². The molecule has 1 aromatic heterocycles. The van der Waals surface area contributed by atoms with Gasteiger partial charge in [0.05, 0.1) is 16.0 Å². The number of benzene rings is 3. The fraction of sp³-hybridized carbons (Fsp3) is 0.389. The van der Waals surface area contributed by atoms with Gasteiger partial charge in [-0.05, 0) is 102 Å². The first kappa shape index (κ1) is 38.0. The molecule has 0 unspecified atom stereocenters. The van der Waals surface area contributed by atoms with E-state index in [0.717, 1.165) is 16.8 Å². The Labute approximate surface area is 291 Å². The van der Waals surface area contributed by atoms with Crippen molar-refractivity contribution in [3.05, 3.63) is 98.8 Å². The van der Waals surface area contributed by atoms with E-state index in [4.69, 9.17) is 25.8 Å². The van der Waals surface area contributed by atoms with E-state index in [0.29, 0.717) is 5.52 Å². The number of hydrogen-bond donors (Lipinski definition) is 0. The number of hydrogen-bond acceptors (Lipinski definition) is 9. The molecule has 4 rings (SSSR count). The minimum atomic E-state index is -4.64. The number of fused-ring (bicyclic) bond motifs is 1. The third-order valence-corrected chi connectivity index (χ3v) is 7.67. The number of carbonyl (C=O) groups is 3. The first-order chi connectivity index (χ1) is 23.2. The number of alkyl halides is 3. The molecule has 0 saturated carbocycles. The van der Waals surface area contributed by atoms with Crippen LogP contribution in [0.1, 0.15) is 75.9 Å². The summed E-state index contributed by atoms with van der Waals surface area (Å²) in [4.78, 5) is 55.0. The van der Waals surface area contributed by atoms with E-state index in [2.05, 4.69) is 10.3 Å². The highest BCUT2D eigenvalue weighted by Gasteiger charge is 2.52. The Hall–Kier alpha value is -4.78. The molecule has 0 spiro atoms. The predicted molar refractivity (Wildman–Crippen MR) is 179 cm³/mol. The van der Waals surface area contributed by atoms with Gasteiger partial charge in [-0.3, -0.25) is 19.2 Å². The Bertz CT molecular complexity index is 1920. The molecule has 0 radical (unpaired) electrons. The van der Waals surface area contributed by atoms with E-state index in [1.54, 1.807) is 65.8 Å². The smallest absolute Gasteiger partial charge is 0.417 e. The molecule has 4 aromatic rings. The fourth-order valence-corrected chi connectivity index (χ4v) is 5.12. The summed E-state index contributed by atoms with van der Waals surface area (Å²) in [6.45, 7) is 9.16. The number of ether oxygens (including phenoxy) is 3. The van der Waals surface area contributed by atoms with Crippen molar-refractivity contribution < 1.29 is 41.8 Å². The van der Waals surface area contributed by atoms with Crippen LogP contribution in [0.15, 0.2) is 71.5 Å². The van der Waals surface area contributed by atoms with Crippen LogP contribution < -0.4 is 10.3 Å². The molecule has 0 aliphatic carbocycles. The lowest BCUT2D eigenvalue weighted by molar-refractivity contribution is -0.186. The van der Waals surface area contributed by atoms with Crippen molar-refractivity contribution in [2.75, 3.05) is 0 Å². The third kappa shape index (κ3) is 9.46. The molecule has 0 aliphatic rings. The van der Waals surface area contributed by atoms with Gasteiger partial charge in [-0.25, -0.2) is 4.68 Å². The highest BCUT2D eigenvalue weighted by molar-refractivity contribution is 6.31. The van der Waals surface area contributed by atoms with Gasteiger partial charge >= 0.3 is 18.1 Å². The van der Waals surface area contributed by atoms with Crippen molar-refractivity contribution in [1.29, 1.82) is 0 Å². The van der Waals surface area contributed by atoms with Gasteiger partial charge in [0.25, 0.3) is 5.56 Å². The van der Waals surface area contributed by atoms with E-state index >= 15 is 0 Å². The highest BCUT2D eigenvalue weighted by Crippen LogP contribution is 2.37. The Morgan fingerprint density at radius 2 is 1.44 bits per heavy atom. The SMILES string of the molecule is CC(C)(C)OC(=O)C(CCn1nnc2ccccc2c1=O)(CC(=O)c1ccc(OCc2ccc(Cl)c(C(F)(F)F)c2)cc1)C(=O)OC(C)(C)C. The number of rotatable bonds is 11. The molecule has 266 valence electrons. The van der Waals surface area contributed by atoms with E-state index in [1.165, 1.54) is 30.3 Å². The third-order valence-electron chi connectivity index (χ3n) is 7.34. The van der Waals surface area contributed by atoms with Gasteiger partial charge in [-0.1, -0.05) is 35.0 Å². The first-order valence-electron chi connectivity index (χ1n) is 15.6. The molecular formula is C36H37ClF3N3O7. The second kappa shape index (κ2) is 14.6. The summed E-state index contributed by atoms with van der Waals surface area (Å²) in [6.07, 6.45) is -5.71. The van der Waals surface area contributed by atoms with Crippen LogP contribution in [0.2, 0.25) is 5.02 Å². The Morgan fingerprint density at radius 3 is 2.02 bits per heavy atom. The molecule has 0 saturated heterocycles. The van der Waals surface area contributed by atoms with Crippen molar-refractivity contribution in [2.45, 2.75) is 84.9 Å². The van der Waals surface area contributed by atoms with Crippen LogP contribution >= 0.6 is 11.6 Å². The lowest BCUT2D eigenvalue weighted by Gasteiger charge is -2.34. The number of ketones is 1. The van der Waals surface area contributed by atoms with Crippen LogP contribution in [0, 0.1) is 5.41 Å². The van der Waals surface area contributed by atoms with Gasteiger partial charge in [0.1, 0.15) is 29.1 Å². The van der Waals surface area contributed by atoms with Crippen molar-refractivity contribution in [3.8, 4) is 5.75 Å². The largest absolute Gasteiger partial charge is 0.489 e. The Kier molecular flexibility index (Phi) is 11.1. The minimum absolute atomic E-state index is 0.0994. The summed E-state index contributed by atoms with van der Waals surface area (Å²) in [7, 11) is 0. The number of aryl methyl sites for hydroxylation is 1. The van der Waals surface area contributed by atoms with Crippen molar-refractivity contribution in [2.24, 2.45) is 5.41 Å². The van der Waals surface area contributed by atoms with Gasteiger partial charge < -0.3 is 14.2 Å². The average molecular weight is 716 g/mol. The van der Waals surface area contributed by atoms with Crippen LogP contribution in [0.5, 0.6) is 5.75 Å². The average Bonchev–Trinajstić information content (AvgIpc) is 3.01. The summed E-state index contributed by atoms with van der Waals surface area (Å²) in [5.74, 6) is -2.42. The first-order valence-corrected chi connectivity index (χ1v) is 16.0. The number of carbonyl (C=O) groups excluding carboxylic acids is 3. The van der Waals surface area contributed by atoms with Gasteiger partial charge in [-0.2, -0.15) is 13.2 Å². The molecule has 0 aliphatic heterocycles. The summed E-state index contributed by atoms with van der Waals surface area (Å²) in [6, 6.07) is 15.6. The summed E-state index contributed by atoms with van der Waals surface area (Å²) in [5, 5.41) is 7.88. The summed E-state index contributed by atoms with van der Waals surface area (Å²) >= 11 is 5.70. The van der Waals surface area contributed by atoms with E-state index < -0.39 is 69.5 Å². The molecule has 1 heterocycles. The lowest BCUT2D eigenvalue weighted by Crippen LogP contribution is -2.49. The monoisotopic (exact) mass is 715 g/mol. The van der Waals surface area contributed by atoms with Gasteiger partial charge in [0.2, 0.25) is 0 Å². The summed E-state index contributed by atoms with van der Waals surface area (Å²) in [5.41, 5.74) is -5.14. The van der Waals surface area contributed by atoms with Crippen LogP contribution in [-0.2, 0) is 38.4 Å². The number of aromatic nitrogens is 3. The van der Waals surface area contributed by atoms with Crippen molar-refractivity contribution in [1.82, 2.24) is 15.0 Å².